The van der Waals surface area contributed by atoms with E-state index < -0.39 is 11.9 Å². The number of hydrogen-bond donors (Lipinski definition) is 1. The molecular formula is C19H14N2O5S. The van der Waals surface area contributed by atoms with Crippen LogP contribution in [-0.4, -0.2) is 24.0 Å². The number of aromatic nitrogens is 1. The Morgan fingerprint density at radius 3 is 2.70 bits per heavy atom. The lowest BCUT2D eigenvalue weighted by Crippen LogP contribution is -2.11. The Labute approximate surface area is 157 Å². The fourth-order valence-corrected chi connectivity index (χ4v) is 3.75. The van der Waals surface area contributed by atoms with Crippen molar-refractivity contribution in [3.63, 3.8) is 0 Å². The first kappa shape index (κ1) is 17.0. The summed E-state index contributed by atoms with van der Waals surface area (Å²) in [7, 11) is 1.29. The van der Waals surface area contributed by atoms with E-state index in [9.17, 15) is 9.59 Å². The maximum absolute atomic E-state index is 12.4. The van der Waals surface area contributed by atoms with Gasteiger partial charge in [0.15, 0.2) is 5.76 Å². The monoisotopic (exact) mass is 382 g/mol. The maximum atomic E-state index is 12.4. The van der Waals surface area contributed by atoms with Crippen molar-refractivity contribution in [2.45, 2.75) is 6.92 Å². The Kier molecular flexibility index (Phi) is 4.25. The van der Waals surface area contributed by atoms with E-state index >= 15 is 0 Å². The Morgan fingerprint density at radius 2 is 2.00 bits per heavy atom. The Balaban J connectivity index is 1.86. The van der Waals surface area contributed by atoms with Gasteiger partial charge >= 0.3 is 5.97 Å². The minimum atomic E-state index is -0.566. The van der Waals surface area contributed by atoms with Crippen LogP contribution < -0.4 is 5.32 Å². The van der Waals surface area contributed by atoms with Gasteiger partial charge in [-0.2, -0.15) is 0 Å². The molecule has 0 atom stereocenters. The van der Waals surface area contributed by atoms with Crippen LogP contribution in [0.5, 0.6) is 0 Å². The van der Waals surface area contributed by atoms with Gasteiger partial charge in [0.2, 0.25) is 5.88 Å². The number of rotatable bonds is 4. The third kappa shape index (κ3) is 3.00. The van der Waals surface area contributed by atoms with Gasteiger partial charge < -0.3 is 13.6 Å². The SMILES string of the molecule is COC(=O)c1c(C)oc(NC(=O)c2ccco2)c1-c1nc2ccccc2s1. The third-order valence-electron chi connectivity index (χ3n) is 3.95. The van der Waals surface area contributed by atoms with Gasteiger partial charge in [0.1, 0.15) is 16.3 Å². The average molecular weight is 382 g/mol. The van der Waals surface area contributed by atoms with Gasteiger partial charge in [-0.3, -0.25) is 10.1 Å². The zero-order valence-corrected chi connectivity index (χ0v) is 15.3. The molecule has 8 heteroatoms. The number of anilines is 1. The molecule has 0 saturated carbocycles. The van der Waals surface area contributed by atoms with Gasteiger partial charge in [0.25, 0.3) is 5.91 Å². The number of fused-ring (bicyclic) bond motifs is 1. The number of nitrogens with one attached hydrogen (secondary N) is 1. The predicted octanol–water partition coefficient (Wildman–Crippen LogP) is 4.50. The van der Waals surface area contributed by atoms with Gasteiger partial charge in [-0.15, -0.1) is 11.3 Å². The smallest absolute Gasteiger partial charge is 0.342 e. The molecule has 136 valence electrons. The molecule has 1 amide bonds. The van der Waals surface area contributed by atoms with Gasteiger partial charge in [-0.25, -0.2) is 9.78 Å². The summed E-state index contributed by atoms with van der Waals surface area (Å²) in [5.41, 5.74) is 1.40. The molecule has 0 aliphatic carbocycles. The summed E-state index contributed by atoms with van der Waals surface area (Å²) in [5.74, 6) is -0.491. The minimum absolute atomic E-state index is 0.119. The molecule has 3 heterocycles. The second kappa shape index (κ2) is 6.73. The molecule has 0 radical (unpaired) electrons. The van der Waals surface area contributed by atoms with Crippen molar-refractivity contribution in [2.24, 2.45) is 0 Å². The topological polar surface area (TPSA) is 94.6 Å². The summed E-state index contributed by atoms with van der Waals surface area (Å²) < 4.78 is 16.6. The number of ether oxygens (including phenoxy) is 1. The van der Waals surface area contributed by atoms with Crippen LogP contribution in [0.3, 0.4) is 0 Å². The number of hydrogen-bond acceptors (Lipinski definition) is 7. The first-order valence-electron chi connectivity index (χ1n) is 8.01. The molecule has 0 aliphatic rings. The molecule has 0 aliphatic heterocycles. The standard InChI is InChI=1S/C19H14N2O5S/c1-10-14(19(23)24-2)15(18-20-11-6-3-4-8-13(11)27-18)17(26-10)21-16(22)12-7-5-9-25-12/h3-9H,1-2H3,(H,21,22). The highest BCUT2D eigenvalue weighted by atomic mass is 32.1. The molecule has 4 aromatic rings. The highest BCUT2D eigenvalue weighted by Gasteiger charge is 2.29. The molecule has 7 nitrogen and oxygen atoms in total. The van der Waals surface area contributed by atoms with Crippen molar-refractivity contribution in [3.8, 4) is 10.6 Å². The van der Waals surface area contributed by atoms with E-state index in [0.717, 1.165) is 10.2 Å². The molecule has 27 heavy (non-hydrogen) atoms. The predicted molar refractivity (Wildman–Crippen MR) is 100 cm³/mol. The zero-order valence-electron chi connectivity index (χ0n) is 14.4. The van der Waals surface area contributed by atoms with Crippen LogP contribution in [0.4, 0.5) is 5.88 Å². The molecule has 0 fully saturated rings. The number of carbonyl (C=O) groups excluding carboxylic acids is 2. The van der Waals surface area contributed by atoms with Crippen LogP contribution >= 0.6 is 11.3 Å². The minimum Gasteiger partial charge on any atom is -0.465 e. The molecule has 1 N–H and O–H groups in total. The highest BCUT2D eigenvalue weighted by Crippen LogP contribution is 2.40. The van der Waals surface area contributed by atoms with Gasteiger partial charge in [-0.05, 0) is 31.2 Å². The van der Waals surface area contributed by atoms with E-state index in [0.29, 0.717) is 16.3 Å². The summed E-state index contributed by atoms with van der Waals surface area (Å²) in [6.45, 7) is 1.63. The molecule has 1 aromatic carbocycles. The summed E-state index contributed by atoms with van der Waals surface area (Å²) >= 11 is 1.39. The second-order valence-electron chi connectivity index (χ2n) is 5.65. The van der Waals surface area contributed by atoms with Crippen LogP contribution in [0, 0.1) is 6.92 Å². The largest absolute Gasteiger partial charge is 0.465 e. The van der Waals surface area contributed by atoms with Gasteiger partial charge in [0.05, 0.1) is 29.2 Å². The molecular weight excluding hydrogens is 368 g/mol. The van der Waals surface area contributed by atoms with Gasteiger partial charge in [-0.1, -0.05) is 12.1 Å². The van der Waals surface area contributed by atoms with E-state index in [1.807, 2.05) is 24.3 Å². The van der Waals surface area contributed by atoms with Crippen LogP contribution in [-0.2, 0) is 4.74 Å². The van der Waals surface area contributed by atoms with Crippen LogP contribution in [0.15, 0.2) is 51.5 Å². The summed E-state index contributed by atoms with van der Waals surface area (Å²) in [6.07, 6.45) is 1.40. The van der Waals surface area contributed by atoms with E-state index in [2.05, 4.69) is 10.3 Å². The van der Waals surface area contributed by atoms with Crippen molar-refractivity contribution in [1.82, 2.24) is 4.98 Å². The number of thiazole rings is 1. The number of esters is 1. The molecule has 0 unspecified atom stereocenters. The van der Waals surface area contributed by atoms with Gasteiger partial charge in [0, 0.05) is 0 Å². The molecule has 4 rings (SSSR count). The lowest BCUT2D eigenvalue weighted by Gasteiger charge is -2.03. The van der Waals surface area contributed by atoms with Crippen molar-refractivity contribution in [3.05, 3.63) is 59.7 Å². The number of amides is 1. The highest BCUT2D eigenvalue weighted by molar-refractivity contribution is 7.21. The van der Waals surface area contributed by atoms with Crippen molar-refractivity contribution < 1.29 is 23.2 Å². The van der Waals surface area contributed by atoms with E-state index in [1.54, 1.807) is 13.0 Å². The maximum Gasteiger partial charge on any atom is 0.342 e. The number of benzene rings is 1. The lowest BCUT2D eigenvalue weighted by atomic mass is 10.1. The quantitative estimate of drug-likeness (QED) is 0.522. The lowest BCUT2D eigenvalue weighted by molar-refractivity contribution is 0.0599. The van der Waals surface area contributed by atoms with Crippen LogP contribution in [0.2, 0.25) is 0 Å². The normalized spacial score (nSPS) is 10.9. The Bertz CT molecular complexity index is 1110. The van der Waals surface area contributed by atoms with Crippen molar-refractivity contribution in [2.75, 3.05) is 12.4 Å². The molecule has 0 saturated heterocycles. The number of aryl methyl sites for hydroxylation is 1. The van der Waals surface area contributed by atoms with E-state index in [1.165, 1.54) is 30.8 Å². The van der Waals surface area contributed by atoms with Crippen molar-refractivity contribution in [1.29, 1.82) is 0 Å². The number of furan rings is 2. The molecule has 3 aromatic heterocycles. The average Bonchev–Trinajstić information content (AvgIpc) is 3.39. The van der Waals surface area contributed by atoms with Crippen LogP contribution in [0.25, 0.3) is 20.8 Å². The second-order valence-corrected chi connectivity index (χ2v) is 6.68. The Hall–Kier alpha value is -3.39. The number of nitrogens with zero attached hydrogens (tertiary/aromatic N) is 1. The number of para-hydroxylation sites is 1. The fraction of sp³-hybridized carbons (Fsp3) is 0.105. The molecule has 0 bridgehead atoms. The zero-order chi connectivity index (χ0) is 19.0. The molecule has 0 spiro atoms. The summed E-state index contributed by atoms with van der Waals surface area (Å²) in [5, 5.41) is 3.20. The van der Waals surface area contributed by atoms with Crippen molar-refractivity contribution >= 4 is 39.3 Å². The first-order valence-corrected chi connectivity index (χ1v) is 8.82. The van der Waals surface area contributed by atoms with Crippen LogP contribution in [0.1, 0.15) is 26.7 Å². The Morgan fingerprint density at radius 1 is 1.19 bits per heavy atom. The number of methoxy groups -OCH3 is 1. The fourth-order valence-electron chi connectivity index (χ4n) is 2.74. The van der Waals surface area contributed by atoms with E-state index in [4.69, 9.17) is 13.6 Å². The first-order chi connectivity index (χ1) is 13.1. The third-order valence-corrected chi connectivity index (χ3v) is 5.01. The number of carbonyl (C=O) groups is 2. The summed E-state index contributed by atoms with van der Waals surface area (Å²) in [6, 6.07) is 10.7. The summed E-state index contributed by atoms with van der Waals surface area (Å²) in [4.78, 5) is 29.3. The van der Waals surface area contributed by atoms with E-state index in [-0.39, 0.29) is 17.2 Å².